The minimum absolute atomic E-state index is 0.218. The van der Waals surface area contributed by atoms with Gasteiger partial charge in [-0.1, -0.05) is 30.3 Å². The van der Waals surface area contributed by atoms with Crippen molar-refractivity contribution in [1.29, 1.82) is 0 Å². The second-order valence-electron chi connectivity index (χ2n) is 6.32. The molecule has 2 atom stereocenters. The van der Waals surface area contributed by atoms with Crippen LogP contribution < -0.4 is 5.32 Å². The Kier molecular flexibility index (Phi) is 10.1. The average molecular weight is 432 g/mol. The van der Waals surface area contributed by atoms with Crippen LogP contribution in [0.25, 0.3) is 0 Å². The molecule has 0 saturated carbocycles. The zero-order valence-corrected chi connectivity index (χ0v) is 18.1. The van der Waals surface area contributed by atoms with Crippen molar-refractivity contribution in [2.24, 2.45) is 0 Å². The molecule has 0 aliphatic rings. The molecule has 0 aromatic heterocycles. The SMILES string of the molecule is CCOCC[P+](=O)O[C@@H](Cc1ccccc1)C(=O)Nc1ccc(C(=O)OCC)cc1. The maximum atomic E-state index is 12.8. The number of rotatable bonds is 12. The van der Waals surface area contributed by atoms with Gasteiger partial charge in [0.1, 0.15) is 0 Å². The minimum atomic E-state index is -2.05. The zero-order valence-electron chi connectivity index (χ0n) is 17.2. The van der Waals surface area contributed by atoms with E-state index in [0.29, 0.717) is 24.5 Å². The van der Waals surface area contributed by atoms with Gasteiger partial charge < -0.3 is 14.8 Å². The van der Waals surface area contributed by atoms with Crippen molar-refractivity contribution in [3.05, 3.63) is 65.7 Å². The summed E-state index contributed by atoms with van der Waals surface area (Å²) in [5.41, 5.74) is 1.79. The van der Waals surface area contributed by atoms with Crippen LogP contribution in [0.5, 0.6) is 0 Å². The Labute approximate surface area is 177 Å². The molecule has 2 aromatic rings. The van der Waals surface area contributed by atoms with Gasteiger partial charge in [-0.3, -0.25) is 4.79 Å². The first-order valence-corrected chi connectivity index (χ1v) is 11.2. The molecule has 160 valence electrons. The van der Waals surface area contributed by atoms with E-state index in [1.165, 1.54) is 0 Å². The third kappa shape index (κ3) is 8.03. The molecule has 1 N–H and O–H groups in total. The molecule has 2 rings (SSSR count). The third-order valence-electron chi connectivity index (χ3n) is 4.09. The first-order chi connectivity index (χ1) is 14.5. The van der Waals surface area contributed by atoms with Crippen LogP contribution in [0, 0.1) is 0 Å². The summed E-state index contributed by atoms with van der Waals surface area (Å²) in [4.78, 5) is 24.6. The number of ether oxygens (including phenoxy) is 2. The Morgan fingerprint density at radius 2 is 1.70 bits per heavy atom. The zero-order chi connectivity index (χ0) is 21.8. The molecule has 0 radical (unpaired) electrons. The second-order valence-corrected chi connectivity index (χ2v) is 7.65. The molecule has 0 saturated heterocycles. The number of amides is 1. The van der Waals surface area contributed by atoms with Gasteiger partial charge in [-0.2, -0.15) is 0 Å². The van der Waals surface area contributed by atoms with Gasteiger partial charge in [0.05, 0.1) is 18.8 Å². The summed E-state index contributed by atoms with van der Waals surface area (Å²) in [5.74, 6) is -0.838. The normalized spacial score (nSPS) is 12.1. The van der Waals surface area contributed by atoms with Crippen molar-refractivity contribution in [2.45, 2.75) is 26.4 Å². The summed E-state index contributed by atoms with van der Waals surface area (Å²) in [6.45, 7) is 4.71. The number of hydrogen-bond acceptors (Lipinski definition) is 6. The van der Waals surface area contributed by atoms with Crippen molar-refractivity contribution >= 4 is 25.6 Å². The first-order valence-electron chi connectivity index (χ1n) is 9.84. The van der Waals surface area contributed by atoms with Gasteiger partial charge in [0.15, 0.2) is 6.10 Å². The summed E-state index contributed by atoms with van der Waals surface area (Å²) in [7, 11) is -2.05. The van der Waals surface area contributed by atoms with Crippen LogP contribution in [0.2, 0.25) is 0 Å². The lowest BCUT2D eigenvalue weighted by molar-refractivity contribution is -0.122. The Morgan fingerprint density at radius 3 is 2.33 bits per heavy atom. The Morgan fingerprint density at radius 1 is 1.00 bits per heavy atom. The molecule has 30 heavy (non-hydrogen) atoms. The quantitative estimate of drug-likeness (QED) is 0.307. The van der Waals surface area contributed by atoms with Crippen LogP contribution in [0.3, 0.4) is 0 Å². The van der Waals surface area contributed by atoms with E-state index in [4.69, 9.17) is 14.0 Å². The molecule has 2 aromatic carbocycles. The van der Waals surface area contributed by atoms with Gasteiger partial charge in [-0.25, -0.2) is 4.79 Å². The fourth-order valence-corrected chi connectivity index (χ4v) is 3.45. The van der Waals surface area contributed by atoms with Crippen molar-refractivity contribution in [2.75, 3.05) is 31.3 Å². The summed E-state index contributed by atoms with van der Waals surface area (Å²) in [6.07, 6.45) is -0.429. The molecule has 1 amide bonds. The number of carbonyl (C=O) groups is 2. The monoisotopic (exact) mass is 432 g/mol. The van der Waals surface area contributed by atoms with Gasteiger partial charge >= 0.3 is 14.0 Å². The van der Waals surface area contributed by atoms with Gasteiger partial charge in [0.2, 0.25) is 6.16 Å². The summed E-state index contributed by atoms with van der Waals surface area (Å²) in [6, 6.07) is 15.7. The van der Waals surface area contributed by atoms with Crippen LogP contribution in [-0.2, 0) is 29.8 Å². The number of anilines is 1. The Bertz CT molecular complexity index is 825. The molecule has 0 spiro atoms. The van der Waals surface area contributed by atoms with E-state index in [1.54, 1.807) is 31.2 Å². The van der Waals surface area contributed by atoms with E-state index in [0.717, 1.165) is 5.56 Å². The van der Waals surface area contributed by atoms with Crippen LogP contribution >= 0.6 is 8.03 Å². The van der Waals surface area contributed by atoms with E-state index in [2.05, 4.69) is 5.32 Å². The lowest BCUT2D eigenvalue weighted by Gasteiger charge is -2.13. The van der Waals surface area contributed by atoms with Gasteiger partial charge in [0, 0.05) is 18.7 Å². The van der Waals surface area contributed by atoms with Crippen LogP contribution in [0.1, 0.15) is 29.8 Å². The molecule has 8 heteroatoms. The highest BCUT2D eigenvalue weighted by Crippen LogP contribution is 2.26. The molecule has 7 nitrogen and oxygen atoms in total. The summed E-state index contributed by atoms with van der Waals surface area (Å²) in [5, 5.41) is 2.76. The van der Waals surface area contributed by atoms with E-state index >= 15 is 0 Å². The Hall–Kier alpha value is -2.60. The molecular formula is C22H27NO6P+. The number of hydrogen-bond donors (Lipinski definition) is 1. The highest BCUT2D eigenvalue weighted by atomic mass is 31.1. The van der Waals surface area contributed by atoms with Crippen LogP contribution in [0.4, 0.5) is 5.69 Å². The topological polar surface area (TPSA) is 90.9 Å². The highest BCUT2D eigenvalue weighted by Gasteiger charge is 2.31. The van der Waals surface area contributed by atoms with Gasteiger partial charge in [0.25, 0.3) is 5.91 Å². The molecule has 0 aliphatic heterocycles. The highest BCUT2D eigenvalue weighted by molar-refractivity contribution is 7.39. The largest absolute Gasteiger partial charge is 0.511 e. The van der Waals surface area contributed by atoms with Gasteiger partial charge in [-0.15, -0.1) is 4.52 Å². The third-order valence-corrected chi connectivity index (χ3v) is 5.12. The van der Waals surface area contributed by atoms with Crippen molar-refractivity contribution in [3.63, 3.8) is 0 Å². The van der Waals surface area contributed by atoms with E-state index in [1.807, 2.05) is 37.3 Å². The fraction of sp³-hybridized carbons (Fsp3) is 0.364. The number of nitrogens with one attached hydrogen (secondary N) is 1. The van der Waals surface area contributed by atoms with Crippen molar-refractivity contribution in [3.8, 4) is 0 Å². The van der Waals surface area contributed by atoms with Gasteiger partial charge in [-0.05, 0) is 48.2 Å². The molecular weight excluding hydrogens is 405 g/mol. The predicted octanol–water partition coefficient (Wildman–Crippen LogP) is 4.21. The van der Waals surface area contributed by atoms with Crippen LogP contribution in [-0.4, -0.2) is 44.0 Å². The second kappa shape index (κ2) is 12.9. The molecule has 0 fully saturated rings. The predicted molar refractivity (Wildman–Crippen MR) is 115 cm³/mol. The maximum Gasteiger partial charge on any atom is 0.511 e. The minimum Gasteiger partial charge on any atom is -0.462 e. The lowest BCUT2D eigenvalue weighted by Crippen LogP contribution is -2.31. The molecule has 0 bridgehead atoms. The smallest absolute Gasteiger partial charge is 0.462 e. The van der Waals surface area contributed by atoms with E-state index in [-0.39, 0.29) is 19.2 Å². The molecule has 0 aliphatic carbocycles. The number of carbonyl (C=O) groups excluding carboxylic acids is 2. The fourth-order valence-electron chi connectivity index (χ4n) is 2.61. The summed E-state index contributed by atoms with van der Waals surface area (Å²) >= 11 is 0. The average Bonchev–Trinajstić information content (AvgIpc) is 2.75. The standard InChI is InChI=1S/C22H26NO6P/c1-3-27-14-15-30(26)29-20(16-17-8-6-5-7-9-17)21(24)23-19-12-10-18(11-13-19)22(25)28-4-2/h5-13,20H,3-4,14-16H2,1-2H3/p+1/t20-/m0/s1. The Balaban J connectivity index is 2.05. The maximum absolute atomic E-state index is 12.8. The number of benzene rings is 2. The molecule has 0 heterocycles. The van der Waals surface area contributed by atoms with Crippen molar-refractivity contribution in [1.82, 2.24) is 0 Å². The lowest BCUT2D eigenvalue weighted by atomic mass is 10.1. The van der Waals surface area contributed by atoms with Crippen LogP contribution in [0.15, 0.2) is 54.6 Å². The number of esters is 1. The first kappa shape index (κ1) is 23.7. The van der Waals surface area contributed by atoms with E-state index in [9.17, 15) is 14.2 Å². The van der Waals surface area contributed by atoms with E-state index < -0.39 is 26.0 Å². The van der Waals surface area contributed by atoms with Crippen molar-refractivity contribution < 1.29 is 28.2 Å². The summed E-state index contributed by atoms with van der Waals surface area (Å²) < 4.78 is 28.0. The molecule has 1 unspecified atom stereocenters.